The molecule has 0 saturated heterocycles. The maximum Gasteiger partial charge on any atom is 0.124 e. The van der Waals surface area contributed by atoms with Crippen molar-refractivity contribution in [3.05, 3.63) is 57.5 Å². The van der Waals surface area contributed by atoms with E-state index in [9.17, 15) is 0 Å². The molecule has 2 rings (SSSR count). The van der Waals surface area contributed by atoms with Crippen molar-refractivity contribution in [1.29, 1.82) is 0 Å². The highest BCUT2D eigenvalue weighted by Crippen LogP contribution is 2.32. The minimum Gasteiger partial charge on any atom is -0.496 e. The smallest absolute Gasteiger partial charge is 0.124 e. The van der Waals surface area contributed by atoms with E-state index in [2.05, 4.69) is 26.8 Å². The highest BCUT2D eigenvalue weighted by atomic mass is 79.9. The summed E-state index contributed by atoms with van der Waals surface area (Å²) < 4.78 is 6.16. The van der Waals surface area contributed by atoms with Crippen molar-refractivity contribution in [3.63, 3.8) is 0 Å². The first-order chi connectivity index (χ1) is 9.22. The van der Waals surface area contributed by atoms with Crippen LogP contribution in [0.1, 0.15) is 5.56 Å². The van der Waals surface area contributed by atoms with Crippen LogP contribution in [0, 0.1) is 0 Å². The van der Waals surface area contributed by atoms with E-state index in [1.165, 1.54) is 0 Å². The first kappa shape index (κ1) is 14.2. The molecule has 5 heteroatoms. The fourth-order valence-corrected chi connectivity index (χ4v) is 2.28. The van der Waals surface area contributed by atoms with Gasteiger partial charge in [-0.1, -0.05) is 29.8 Å². The number of rotatable bonds is 5. The van der Waals surface area contributed by atoms with Gasteiger partial charge in [0, 0.05) is 22.3 Å². The summed E-state index contributed by atoms with van der Waals surface area (Å²) in [6.07, 6.45) is 0. The molecular formula is C14H14BrClN2O. The van der Waals surface area contributed by atoms with E-state index in [1.807, 2.05) is 42.5 Å². The molecule has 2 aromatic rings. The van der Waals surface area contributed by atoms with Crippen molar-refractivity contribution in [2.45, 2.75) is 6.54 Å². The quantitative estimate of drug-likeness (QED) is 0.799. The summed E-state index contributed by atoms with van der Waals surface area (Å²) in [6.45, 7) is 0.552. The monoisotopic (exact) mass is 340 g/mol. The van der Waals surface area contributed by atoms with Crippen molar-refractivity contribution < 1.29 is 4.74 Å². The Morgan fingerprint density at radius 2 is 1.89 bits per heavy atom. The van der Waals surface area contributed by atoms with Crippen LogP contribution in [0.5, 0.6) is 5.75 Å². The summed E-state index contributed by atoms with van der Waals surface area (Å²) in [5.74, 6) is 0.760. The number of para-hydroxylation sites is 1. The second-order valence-electron chi connectivity index (χ2n) is 3.89. The van der Waals surface area contributed by atoms with E-state index < -0.39 is 0 Å². The van der Waals surface area contributed by atoms with Crippen molar-refractivity contribution in [2.24, 2.45) is 0 Å². The van der Waals surface area contributed by atoms with Crippen molar-refractivity contribution in [3.8, 4) is 5.75 Å². The van der Waals surface area contributed by atoms with Gasteiger partial charge in [-0.15, -0.1) is 0 Å². The van der Waals surface area contributed by atoms with Crippen molar-refractivity contribution >= 4 is 33.2 Å². The summed E-state index contributed by atoms with van der Waals surface area (Å²) in [5.41, 5.74) is 8.13. The number of ether oxygens (including phenoxy) is 1. The summed E-state index contributed by atoms with van der Waals surface area (Å²) in [4.78, 5) is 0. The molecule has 0 unspecified atom stereocenters. The lowest BCUT2D eigenvalue weighted by molar-refractivity contribution is 0.408. The topological polar surface area (TPSA) is 33.3 Å². The predicted octanol–water partition coefficient (Wildman–Crippen LogP) is 4.23. The molecule has 0 aliphatic carbocycles. The molecule has 0 bridgehead atoms. The van der Waals surface area contributed by atoms with Gasteiger partial charge in [0.25, 0.3) is 0 Å². The molecule has 0 atom stereocenters. The Balaban J connectivity index is 2.05. The van der Waals surface area contributed by atoms with Gasteiger partial charge < -0.3 is 10.2 Å². The number of hydrazine groups is 1. The van der Waals surface area contributed by atoms with Crippen LogP contribution in [0.15, 0.2) is 46.9 Å². The molecule has 0 aromatic heterocycles. The molecule has 2 aromatic carbocycles. The number of nitrogens with one attached hydrogen (secondary N) is 2. The van der Waals surface area contributed by atoms with Crippen molar-refractivity contribution in [1.82, 2.24) is 5.43 Å². The van der Waals surface area contributed by atoms with Crippen LogP contribution in [0.2, 0.25) is 5.02 Å². The van der Waals surface area contributed by atoms with Gasteiger partial charge in [-0.3, -0.25) is 0 Å². The minimum atomic E-state index is 0.552. The number of benzene rings is 2. The normalized spacial score (nSPS) is 10.3. The van der Waals surface area contributed by atoms with Gasteiger partial charge in [-0.25, -0.2) is 5.43 Å². The van der Waals surface area contributed by atoms with E-state index in [4.69, 9.17) is 16.3 Å². The molecule has 0 aliphatic heterocycles. The van der Waals surface area contributed by atoms with Gasteiger partial charge in [0.1, 0.15) is 5.75 Å². The van der Waals surface area contributed by atoms with Gasteiger partial charge in [0.15, 0.2) is 0 Å². The molecule has 0 spiro atoms. The zero-order chi connectivity index (χ0) is 13.7. The molecule has 19 heavy (non-hydrogen) atoms. The number of hydrogen-bond donors (Lipinski definition) is 2. The fraction of sp³-hybridized carbons (Fsp3) is 0.143. The third-order valence-electron chi connectivity index (χ3n) is 2.64. The average Bonchev–Trinajstić information content (AvgIpc) is 2.45. The van der Waals surface area contributed by atoms with Gasteiger partial charge >= 0.3 is 0 Å². The summed E-state index contributed by atoms with van der Waals surface area (Å²) in [7, 11) is 1.63. The van der Waals surface area contributed by atoms with E-state index in [-0.39, 0.29) is 0 Å². The lowest BCUT2D eigenvalue weighted by atomic mass is 10.2. The van der Waals surface area contributed by atoms with E-state index >= 15 is 0 Å². The number of anilines is 1. The van der Waals surface area contributed by atoms with Gasteiger partial charge in [0.2, 0.25) is 0 Å². The van der Waals surface area contributed by atoms with E-state index in [0.29, 0.717) is 11.6 Å². The number of halogens is 2. The Morgan fingerprint density at radius 3 is 2.58 bits per heavy atom. The van der Waals surface area contributed by atoms with E-state index in [1.54, 1.807) is 7.11 Å². The van der Waals surface area contributed by atoms with Crippen LogP contribution in [-0.4, -0.2) is 7.11 Å². The molecule has 0 heterocycles. The highest BCUT2D eigenvalue weighted by molar-refractivity contribution is 9.10. The average molecular weight is 342 g/mol. The molecule has 0 fully saturated rings. The first-order valence-electron chi connectivity index (χ1n) is 5.77. The summed E-state index contributed by atoms with van der Waals surface area (Å²) >= 11 is 9.67. The summed E-state index contributed by atoms with van der Waals surface area (Å²) in [5, 5.41) is 0.654. The Bertz CT molecular complexity index is 549. The Kier molecular flexibility index (Phi) is 5.07. The highest BCUT2D eigenvalue weighted by Gasteiger charge is 2.10. The van der Waals surface area contributed by atoms with Gasteiger partial charge in [0.05, 0.1) is 12.1 Å². The van der Waals surface area contributed by atoms with Gasteiger partial charge in [-0.05, 0) is 40.2 Å². The fourth-order valence-electron chi connectivity index (χ4n) is 1.69. The number of hydrogen-bond acceptors (Lipinski definition) is 3. The molecule has 0 radical (unpaired) electrons. The van der Waals surface area contributed by atoms with Crippen LogP contribution >= 0.6 is 27.5 Å². The Labute approximate surface area is 126 Å². The third-order valence-corrected chi connectivity index (χ3v) is 3.97. The lowest BCUT2D eigenvalue weighted by Crippen LogP contribution is -2.21. The van der Waals surface area contributed by atoms with E-state index in [0.717, 1.165) is 21.5 Å². The molecule has 0 amide bonds. The maximum absolute atomic E-state index is 6.26. The predicted molar refractivity (Wildman–Crippen MR) is 82.6 cm³/mol. The zero-order valence-corrected chi connectivity index (χ0v) is 12.8. The van der Waals surface area contributed by atoms with Crippen LogP contribution in [-0.2, 0) is 6.54 Å². The molecule has 3 nitrogen and oxygen atoms in total. The lowest BCUT2D eigenvalue weighted by Gasteiger charge is -2.13. The third kappa shape index (κ3) is 3.62. The molecule has 2 N–H and O–H groups in total. The van der Waals surface area contributed by atoms with Crippen LogP contribution < -0.4 is 15.6 Å². The Hall–Kier alpha value is -1.23. The number of methoxy groups -OCH3 is 1. The van der Waals surface area contributed by atoms with Crippen LogP contribution in [0.4, 0.5) is 5.69 Å². The standard InChI is InChI=1S/C14H14BrClN2O/c1-19-13-8-7-12(15)14(16)11(13)9-17-18-10-5-3-2-4-6-10/h2-8,17-18H,9H2,1H3. The zero-order valence-electron chi connectivity index (χ0n) is 10.4. The maximum atomic E-state index is 6.26. The molecule has 0 saturated carbocycles. The molecule has 100 valence electrons. The van der Waals surface area contributed by atoms with Gasteiger partial charge in [-0.2, -0.15) is 0 Å². The minimum absolute atomic E-state index is 0.552. The first-order valence-corrected chi connectivity index (χ1v) is 6.94. The van der Waals surface area contributed by atoms with Crippen molar-refractivity contribution in [2.75, 3.05) is 12.5 Å². The molecule has 0 aliphatic rings. The Morgan fingerprint density at radius 1 is 1.16 bits per heavy atom. The second-order valence-corrected chi connectivity index (χ2v) is 5.12. The molecular weight excluding hydrogens is 328 g/mol. The largest absolute Gasteiger partial charge is 0.496 e. The second kappa shape index (κ2) is 6.80. The van der Waals surface area contributed by atoms with Crippen LogP contribution in [0.3, 0.4) is 0 Å². The summed E-state index contributed by atoms with van der Waals surface area (Å²) in [6, 6.07) is 13.6. The SMILES string of the molecule is COc1ccc(Br)c(Cl)c1CNNc1ccccc1. The van der Waals surface area contributed by atoms with Crippen LogP contribution in [0.25, 0.3) is 0 Å².